The lowest BCUT2D eigenvalue weighted by atomic mass is 9.77. The Hall–Kier alpha value is -0.563. The average molecular weight is 605 g/mol. The SMILES string of the molecule is C=C(C)[C@H]1CC[C@@]2(C)S[P@](=S)(O[C@H]3[C@@H](O)[C@H](n4ccc(=O)[nH]c4=O)O[C@@H]3CO[Si](C)(C)C(C)(C)C)O[C@@H]2C1. The summed E-state index contributed by atoms with van der Waals surface area (Å²) in [5.74, 6) is 0.387. The van der Waals surface area contributed by atoms with Crippen LogP contribution in [-0.4, -0.2) is 58.7 Å². The summed E-state index contributed by atoms with van der Waals surface area (Å²) in [4.78, 5) is 26.4. The molecule has 0 radical (unpaired) electrons. The largest absolute Gasteiger partial charge is 0.414 e. The second kappa shape index (κ2) is 10.7. The lowest BCUT2D eigenvalue weighted by Gasteiger charge is -2.37. The summed E-state index contributed by atoms with van der Waals surface area (Å²) in [6.07, 6.45) is 0.211. The standard InChI is InChI=1S/C25H41N2O7PS2Si/c1-15(2)16-9-11-25(6)18(13-16)33-35(36,37-25)34-21-17(14-31-38(7,8)24(3,4)5)32-22(20(21)29)27-12-10-19(28)26-23(27)30/h10,12,16-18,20-22,29H,1,9,11,13-14H2,2-8H3,(H,26,28,30)/t16-,17+,18+,20+,21+,22+,25+,35-/m0/s1. The van der Waals surface area contributed by atoms with Crippen LogP contribution in [0.3, 0.4) is 0 Å². The van der Waals surface area contributed by atoms with Gasteiger partial charge < -0.3 is 23.3 Å². The number of hydrogen-bond acceptors (Lipinski definition) is 9. The van der Waals surface area contributed by atoms with E-state index in [4.69, 9.17) is 30.0 Å². The molecule has 1 aliphatic carbocycles. The molecule has 2 saturated heterocycles. The fraction of sp³-hybridized carbons (Fsp3) is 0.760. The Morgan fingerprint density at radius 2 is 2.11 bits per heavy atom. The van der Waals surface area contributed by atoms with Gasteiger partial charge in [-0.15, -0.1) is 0 Å². The molecule has 3 heterocycles. The van der Waals surface area contributed by atoms with Crippen LogP contribution in [-0.2, 0) is 30.0 Å². The number of fused-ring (bicyclic) bond motifs is 1. The number of H-pyrrole nitrogens is 1. The molecule has 214 valence electrons. The average Bonchev–Trinajstić information content (AvgIpc) is 3.23. The van der Waals surface area contributed by atoms with Gasteiger partial charge in [0.25, 0.3) is 5.56 Å². The fourth-order valence-corrected chi connectivity index (χ4v) is 13.5. The second-order valence-electron chi connectivity index (χ2n) is 12.5. The third kappa shape index (κ3) is 6.04. The van der Waals surface area contributed by atoms with Crippen LogP contribution in [0, 0.1) is 5.92 Å². The first kappa shape index (κ1) is 30.4. The zero-order valence-electron chi connectivity index (χ0n) is 23.3. The number of nitrogens with zero attached hydrogens (tertiary/aromatic N) is 1. The molecule has 0 amide bonds. The summed E-state index contributed by atoms with van der Waals surface area (Å²) in [7, 11) is -2.16. The molecule has 4 rings (SSSR count). The number of nitrogens with one attached hydrogen (secondary N) is 1. The Morgan fingerprint density at radius 1 is 1.42 bits per heavy atom. The molecule has 13 heteroatoms. The van der Waals surface area contributed by atoms with Crippen LogP contribution in [0.4, 0.5) is 0 Å². The van der Waals surface area contributed by atoms with Crippen LogP contribution >= 0.6 is 17.1 Å². The van der Waals surface area contributed by atoms with Crippen molar-refractivity contribution in [2.45, 2.75) is 107 Å². The number of aromatic nitrogens is 2. The molecule has 2 N–H and O–H groups in total. The molecule has 9 nitrogen and oxygen atoms in total. The van der Waals surface area contributed by atoms with Crippen molar-refractivity contribution in [3.05, 3.63) is 45.3 Å². The molecule has 8 atom stereocenters. The highest BCUT2D eigenvalue weighted by atomic mass is 32.9. The monoisotopic (exact) mass is 604 g/mol. The summed E-state index contributed by atoms with van der Waals surface area (Å²) in [5, 5.41) is 11.4. The van der Waals surface area contributed by atoms with Gasteiger partial charge in [0.15, 0.2) is 14.5 Å². The molecule has 3 aliphatic rings. The van der Waals surface area contributed by atoms with E-state index in [0.717, 1.165) is 24.8 Å². The molecule has 1 aromatic rings. The minimum atomic E-state index is -2.87. The van der Waals surface area contributed by atoms with Gasteiger partial charge in [-0.25, -0.2) is 4.79 Å². The summed E-state index contributed by atoms with van der Waals surface area (Å²) in [5.41, 5.74) is -2.92. The molecule has 2 aliphatic heterocycles. The number of hydrogen-bond donors (Lipinski definition) is 2. The normalized spacial score (nSPS) is 37.8. The lowest BCUT2D eigenvalue weighted by molar-refractivity contribution is -0.0527. The van der Waals surface area contributed by atoms with E-state index in [1.807, 2.05) is 0 Å². The smallest absolute Gasteiger partial charge is 0.330 e. The first-order valence-corrected chi connectivity index (χ1v) is 20.0. The van der Waals surface area contributed by atoms with Crippen molar-refractivity contribution in [1.82, 2.24) is 9.55 Å². The van der Waals surface area contributed by atoms with Gasteiger partial charge in [-0.2, -0.15) is 0 Å². The van der Waals surface area contributed by atoms with Crippen LogP contribution in [0.2, 0.25) is 18.1 Å². The van der Waals surface area contributed by atoms with Gasteiger partial charge >= 0.3 is 5.69 Å². The van der Waals surface area contributed by atoms with E-state index in [-0.39, 0.29) is 22.5 Å². The molecular formula is C25H41N2O7PS2Si. The number of aromatic amines is 1. The summed E-state index contributed by atoms with van der Waals surface area (Å²) in [6, 6.07) is 1.22. The quantitative estimate of drug-likeness (QED) is 0.260. The Bertz CT molecular complexity index is 1230. The lowest BCUT2D eigenvalue weighted by Crippen LogP contribution is -2.45. The molecule has 0 aromatic carbocycles. The zero-order valence-corrected chi connectivity index (χ0v) is 26.8. The first-order chi connectivity index (χ1) is 17.4. The van der Waals surface area contributed by atoms with Crippen LogP contribution in [0.1, 0.15) is 60.1 Å². The van der Waals surface area contributed by atoms with E-state index in [1.165, 1.54) is 16.8 Å². The van der Waals surface area contributed by atoms with Gasteiger partial charge in [-0.1, -0.05) is 44.3 Å². The Morgan fingerprint density at radius 3 is 2.71 bits per heavy atom. The molecule has 38 heavy (non-hydrogen) atoms. The van der Waals surface area contributed by atoms with Crippen molar-refractivity contribution < 1.29 is 23.3 Å². The Kier molecular flexibility index (Phi) is 8.55. The second-order valence-corrected chi connectivity index (χ2v) is 23.8. The van der Waals surface area contributed by atoms with Crippen LogP contribution < -0.4 is 11.2 Å². The summed E-state index contributed by atoms with van der Waals surface area (Å²) < 4.78 is 26.7. The van der Waals surface area contributed by atoms with Gasteiger partial charge in [0.2, 0.25) is 5.69 Å². The minimum Gasteiger partial charge on any atom is -0.414 e. The van der Waals surface area contributed by atoms with E-state index in [2.05, 4.69) is 59.3 Å². The van der Waals surface area contributed by atoms with Crippen molar-refractivity contribution in [2.24, 2.45) is 5.92 Å². The van der Waals surface area contributed by atoms with Gasteiger partial charge in [-0.05, 0) is 69.0 Å². The predicted octanol–water partition coefficient (Wildman–Crippen LogP) is 4.69. The van der Waals surface area contributed by atoms with E-state index in [1.54, 1.807) is 11.4 Å². The van der Waals surface area contributed by atoms with Crippen molar-refractivity contribution in [3.63, 3.8) is 0 Å². The molecule has 0 bridgehead atoms. The van der Waals surface area contributed by atoms with E-state index >= 15 is 0 Å². The highest BCUT2D eigenvalue weighted by molar-refractivity contribution is 8.68. The van der Waals surface area contributed by atoms with Gasteiger partial charge in [0.1, 0.15) is 18.3 Å². The van der Waals surface area contributed by atoms with Crippen LogP contribution in [0.5, 0.6) is 0 Å². The number of aliphatic hydroxyl groups excluding tert-OH is 1. The Labute approximate surface area is 234 Å². The fourth-order valence-electron chi connectivity index (χ4n) is 4.93. The maximum atomic E-state index is 12.5. The van der Waals surface area contributed by atoms with Crippen LogP contribution in [0.15, 0.2) is 34.0 Å². The van der Waals surface area contributed by atoms with E-state index < -0.39 is 49.8 Å². The number of ether oxygens (including phenoxy) is 1. The third-order valence-corrected chi connectivity index (χ3v) is 18.8. The molecule has 1 aromatic heterocycles. The maximum Gasteiger partial charge on any atom is 0.330 e. The number of allylic oxidation sites excluding steroid dienone is 1. The van der Waals surface area contributed by atoms with Crippen LogP contribution in [0.25, 0.3) is 0 Å². The van der Waals surface area contributed by atoms with Gasteiger partial charge in [0, 0.05) is 17.0 Å². The number of aliphatic hydroxyl groups is 1. The number of rotatable bonds is 7. The van der Waals surface area contributed by atoms with E-state index in [0.29, 0.717) is 5.92 Å². The Balaban J connectivity index is 1.59. The highest BCUT2D eigenvalue weighted by Gasteiger charge is 2.56. The van der Waals surface area contributed by atoms with Crippen molar-refractivity contribution in [3.8, 4) is 0 Å². The molecular weight excluding hydrogens is 563 g/mol. The predicted molar refractivity (Wildman–Crippen MR) is 157 cm³/mol. The highest BCUT2D eigenvalue weighted by Crippen LogP contribution is 2.76. The third-order valence-electron chi connectivity index (χ3n) is 8.54. The topological polar surface area (TPSA) is 112 Å². The summed E-state index contributed by atoms with van der Waals surface area (Å²) >= 11 is 7.58. The maximum absolute atomic E-state index is 12.5. The first-order valence-electron chi connectivity index (χ1n) is 13.1. The van der Waals surface area contributed by atoms with E-state index in [9.17, 15) is 14.7 Å². The molecule has 3 fully saturated rings. The van der Waals surface area contributed by atoms with Gasteiger partial charge in [0.05, 0.1) is 12.7 Å². The molecule has 1 saturated carbocycles. The van der Waals surface area contributed by atoms with Crippen molar-refractivity contribution in [2.75, 3.05) is 6.61 Å². The molecule has 0 spiro atoms. The minimum absolute atomic E-state index is 0.0312. The van der Waals surface area contributed by atoms with Gasteiger partial charge in [-0.3, -0.25) is 14.3 Å². The van der Waals surface area contributed by atoms with Crippen molar-refractivity contribution in [1.29, 1.82) is 0 Å². The van der Waals surface area contributed by atoms with Crippen molar-refractivity contribution >= 4 is 37.2 Å². The molecule has 0 unspecified atom stereocenters. The zero-order chi connectivity index (χ0) is 28.3. The summed E-state index contributed by atoms with van der Waals surface area (Å²) in [6.45, 7) is 19.3.